The molecular weight excluding hydrogens is 258 g/mol. The zero-order chi connectivity index (χ0) is 13.5. The number of aryl methyl sites for hydroxylation is 1. The first-order valence-electron chi connectivity index (χ1n) is 6.59. The highest BCUT2D eigenvalue weighted by Gasteiger charge is 2.00. The summed E-state index contributed by atoms with van der Waals surface area (Å²) >= 11 is 5.72. The molecule has 0 atom stereocenters. The summed E-state index contributed by atoms with van der Waals surface area (Å²) in [4.78, 5) is 4.21. The van der Waals surface area contributed by atoms with Crippen molar-refractivity contribution < 1.29 is 4.74 Å². The van der Waals surface area contributed by atoms with Gasteiger partial charge < -0.3 is 4.74 Å². The van der Waals surface area contributed by atoms with Gasteiger partial charge >= 0.3 is 0 Å². The minimum atomic E-state index is 0.472. The van der Waals surface area contributed by atoms with Crippen molar-refractivity contribution in [3.63, 3.8) is 0 Å². The molecule has 0 saturated carbocycles. The molecule has 1 aromatic carbocycles. The predicted molar refractivity (Wildman–Crippen MR) is 78.9 cm³/mol. The number of halogens is 1. The Bertz CT molecular complexity index is 493. The summed E-state index contributed by atoms with van der Waals surface area (Å²) in [6.07, 6.45) is 5.30. The molecule has 0 aliphatic rings. The number of alkyl halides is 1. The summed E-state index contributed by atoms with van der Waals surface area (Å²) in [6.45, 7) is 2.20. The largest absolute Gasteiger partial charge is 0.439 e. The van der Waals surface area contributed by atoms with E-state index in [1.165, 1.54) is 18.4 Å². The highest BCUT2D eigenvalue weighted by Crippen LogP contribution is 2.20. The molecule has 1 heterocycles. The second-order valence-corrected chi connectivity index (χ2v) is 4.76. The molecule has 0 fully saturated rings. The second kappa shape index (κ2) is 7.15. The number of rotatable bonds is 6. The average Bonchev–Trinajstić information content (AvgIpc) is 2.47. The van der Waals surface area contributed by atoms with Crippen LogP contribution in [0.15, 0.2) is 42.6 Å². The van der Waals surface area contributed by atoms with E-state index in [2.05, 4.69) is 24.0 Å². The van der Waals surface area contributed by atoms with Crippen LogP contribution in [0, 0.1) is 0 Å². The number of hydrogen-bond donors (Lipinski definition) is 0. The average molecular weight is 276 g/mol. The second-order valence-electron chi connectivity index (χ2n) is 4.49. The topological polar surface area (TPSA) is 22.1 Å². The molecule has 2 nitrogen and oxygen atoms in total. The van der Waals surface area contributed by atoms with Gasteiger partial charge in [0, 0.05) is 18.1 Å². The Hall–Kier alpha value is -1.54. The van der Waals surface area contributed by atoms with E-state index < -0.39 is 0 Å². The number of pyridine rings is 1. The van der Waals surface area contributed by atoms with E-state index in [-0.39, 0.29) is 0 Å². The zero-order valence-electron chi connectivity index (χ0n) is 11.1. The summed E-state index contributed by atoms with van der Waals surface area (Å²) in [5.74, 6) is 1.88. The molecule has 0 radical (unpaired) electrons. The van der Waals surface area contributed by atoms with E-state index in [1.54, 1.807) is 6.20 Å². The van der Waals surface area contributed by atoms with Crippen LogP contribution in [0.5, 0.6) is 11.6 Å². The van der Waals surface area contributed by atoms with E-state index in [0.717, 1.165) is 17.7 Å². The smallest absolute Gasteiger partial charge is 0.219 e. The van der Waals surface area contributed by atoms with Crippen LogP contribution in [-0.2, 0) is 12.3 Å². The van der Waals surface area contributed by atoms with E-state index in [1.807, 2.05) is 24.3 Å². The number of ether oxygens (including phenoxy) is 1. The van der Waals surface area contributed by atoms with E-state index >= 15 is 0 Å². The van der Waals surface area contributed by atoms with Crippen molar-refractivity contribution in [2.24, 2.45) is 0 Å². The van der Waals surface area contributed by atoms with Crippen LogP contribution in [0.4, 0.5) is 0 Å². The number of hydrogen-bond acceptors (Lipinski definition) is 2. The monoisotopic (exact) mass is 275 g/mol. The lowest BCUT2D eigenvalue weighted by atomic mass is 10.1. The van der Waals surface area contributed by atoms with Gasteiger partial charge in [-0.05, 0) is 36.1 Å². The van der Waals surface area contributed by atoms with Gasteiger partial charge in [-0.25, -0.2) is 4.98 Å². The lowest BCUT2D eigenvalue weighted by molar-refractivity contribution is 0.462. The molecule has 0 bridgehead atoms. The first-order chi connectivity index (χ1) is 9.31. The summed E-state index contributed by atoms with van der Waals surface area (Å²) in [5.41, 5.74) is 2.34. The Kier molecular flexibility index (Phi) is 5.22. The van der Waals surface area contributed by atoms with Crippen LogP contribution in [0.3, 0.4) is 0 Å². The summed E-state index contributed by atoms with van der Waals surface area (Å²) in [6, 6.07) is 12.0. The van der Waals surface area contributed by atoms with Gasteiger partial charge in [-0.15, -0.1) is 11.6 Å². The summed E-state index contributed by atoms with van der Waals surface area (Å²) in [5, 5.41) is 0. The number of nitrogens with zero attached hydrogens (tertiary/aromatic N) is 1. The first kappa shape index (κ1) is 13.9. The molecule has 0 N–H and O–H groups in total. The molecule has 1 aromatic heterocycles. The summed E-state index contributed by atoms with van der Waals surface area (Å²) in [7, 11) is 0. The van der Waals surface area contributed by atoms with Crippen LogP contribution >= 0.6 is 11.6 Å². The third-order valence-electron chi connectivity index (χ3n) is 2.92. The fraction of sp³-hybridized carbons (Fsp3) is 0.312. The summed E-state index contributed by atoms with van der Waals surface area (Å²) < 4.78 is 5.68. The Morgan fingerprint density at radius 2 is 1.79 bits per heavy atom. The Labute approximate surface area is 119 Å². The molecular formula is C16H18ClNO. The normalized spacial score (nSPS) is 10.4. The predicted octanol–water partition coefficient (Wildman–Crippen LogP) is 4.96. The number of unbranched alkanes of at least 4 members (excludes halogenated alkanes) is 1. The number of benzene rings is 1. The van der Waals surface area contributed by atoms with E-state index in [0.29, 0.717) is 11.8 Å². The molecule has 0 aliphatic carbocycles. The van der Waals surface area contributed by atoms with Crippen LogP contribution in [-0.4, -0.2) is 4.98 Å². The highest BCUT2D eigenvalue weighted by atomic mass is 35.5. The highest BCUT2D eigenvalue weighted by molar-refractivity contribution is 6.17. The van der Waals surface area contributed by atoms with Crippen molar-refractivity contribution in [3.8, 4) is 11.6 Å². The molecule has 0 spiro atoms. The van der Waals surface area contributed by atoms with Crippen molar-refractivity contribution in [2.75, 3.05) is 0 Å². The lowest BCUT2D eigenvalue weighted by Gasteiger charge is -2.06. The Morgan fingerprint density at radius 1 is 1.05 bits per heavy atom. The van der Waals surface area contributed by atoms with Gasteiger partial charge in [0.15, 0.2) is 0 Å². The third-order valence-corrected chi connectivity index (χ3v) is 3.23. The van der Waals surface area contributed by atoms with Crippen LogP contribution in [0.1, 0.15) is 30.9 Å². The lowest BCUT2D eigenvalue weighted by Crippen LogP contribution is -1.90. The molecule has 19 heavy (non-hydrogen) atoms. The van der Waals surface area contributed by atoms with E-state index in [9.17, 15) is 0 Å². The van der Waals surface area contributed by atoms with Crippen molar-refractivity contribution in [1.82, 2.24) is 4.98 Å². The van der Waals surface area contributed by atoms with Gasteiger partial charge in [-0.2, -0.15) is 0 Å². The first-order valence-corrected chi connectivity index (χ1v) is 7.13. The molecule has 3 heteroatoms. The minimum Gasteiger partial charge on any atom is -0.439 e. The van der Waals surface area contributed by atoms with Gasteiger partial charge in [-0.1, -0.05) is 31.5 Å². The molecule has 2 rings (SSSR count). The molecule has 0 saturated heterocycles. The van der Waals surface area contributed by atoms with Gasteiger partial charge in [0.05, 0.1) is 0 Å². The van der Waals surface area contributed by atoms with Crippen molar-refractivity contribution in [1.29, 1.82) is 0 Å². The molecule has 2 aromatic rings. The van der Waals surface area contributed by atoms with Gasteiger partial charge in [0.25, 0.3) is 0 Å². The van der Waals surface area contributed by atoms with Crippen molar-refractivity contribution in [3.05, 3.63) is 53.7 Å². The quantitative estimate of drug-likeness (QED) is 0.696. The van der Waals surface area contributed by atoms with Gasteiger partial charge in [-0.3, -0.25) is 0 Å². The fourth-order valence-electron chi connectivity index (χ4n) is 1.78. The SMILES string of the molecule is CCCCc1ccc(Oc2ccc(CCl)cn2)cc1. The molecule has 100 valence electrons. The van der Waals surface area contributed by atoms with Crippen LogP contribution in [0.2, 0.25) is 0 Å². The van der Waals surface area contributed by atoms with Crippen molar-refractivity contribution in [2.45, 2.75) is 32.1 Å². The van der Waals surface area contributed by atoms with Crippen LogP contribution in [0.25, 0.3) is 0 Å². The zero-order valence-corrected chi connectivity index (χ0v) is 11.9. The standard InChI is InChI=1S/C16H18ClNO/c1-2-3-4-13-5-8-15(9-6-13)19-16-10-7-14(11-17)12-18-16/h5-10,12H,2-4,11H2,1H3. The fourth-order valence-corrected chi connectivity index (χ4v) is 1.93. The molecule has 0 unspecified atom stereocenters. The van der Waals surface area contributed by atoms with E-state index in [4.69, 9.17) is 16.3 Å². The Morgan fingerprint density at radius 3 is 2.37 bits per heavy atom. The Balaban J connectivity index is 1.98. The van der Waals surface area contributed by atoms with Crippen molar-refractivity contribution >= 4 is 11.6 Å². The van der Waals surface area contributed by atoms with Gasteiger partial charge in [0.1, 0.15) is 5.75 Å². The maximum absolute atomic E-state index is 5.72. The van der Waals surface area contributed by atoms with Crippen LogP contribution < -0.4 is 4.74 Å². The minimum absolute atomic E-state index is 0.472. The van der Waals surface area contributed by atoms with Gasteiger partial charge in [0.2, 0.25) is 5.88 Å². The molecule has 0 amide bonds. The maximum atomic E-state index is 5.72. The maximum Gasteiger partial charge on any atom is 0.219 e. The number of aromatic nitrogens is 1. The molecule has 0 aliphatic heterocycles. The third kappa shape index (κ3) is 4.25.